The first-order valence-corrected chi connectivity index (χ1v) is 11.7. The summed E-state index contributed by atoms with van der Waals surface area (Å²) in [5.41, 5.74) is 3.91. The molecule has 0 unspecified atom stereocenters. The zero-order valence-electron chi connectivity index (χ0n) is 17.2. The van der Waals surface area contributed by atoms with Crippen LogP contribution in [0.15, 0.2) is 48.5 Å². The van der Waals surface area contributed by atoms with Crippen LogP contribution >= 0.6 is 11.8 Å². The summed E-state index contributed by atoms with van der Waals surface area (Å²) in [5.74, 6) is 2.52. The molecule has 0 atom stereocenters. The number of hydrogen-bond donors (Lipinski definition) is 1. The fourth-order valence-corrected chi connectivity index (χ4v) is 5.33. The Morgan fingerprint density at radius 2 is 1.83 bits per heavy atom. The number of nitrogens with zero attached hydrogens (tertiary/aromatic N) is 1. The summed E-state index contributed by atoms with van der Waals surface area (Å²) in [7, 11) is 0. The van der Waals surface area contributed by atoms with Gasteiger partial charge in [-0.2, -0.15) is 11.8 Å². The van der Waals surface area contributed by atoms with Crippen molar-refractivity contribution in [3.63, 3.8) is 0 Å². The molecule has 4 nitrogen and oxygen atoms in total. The minimum Gasteiger partial charge on any atom is -0.381 e. The Morgan fingerprint density at radius 1 is 1.10 bits per heavy atom. The predicted octanol–water partition coefficient (Wildman–Crippen LogP) is 4.23. The van der Waals surface area contributed by atoms with E-state index in [9.17, 15) is 4.79 Å². The Balaban J connectivity index is 1.50. The number of ether oxygens (including phenoxy) is 1. The van der Waals surface area contributed by atoms with E-state index in [1.54, 1.807) is 0 Å². The van der Waals surface area contributed by atoms with Gasteiger partial charge in [0, 0.05) is 50.0 Å². The summed E-state index contributed by atoms with van der Waals surface area (Å²) in [4.78, 5) is 16.0. The Hall–Kier alpha value is -1.82. The molecule has 0 aliphatic carbocycles. The highest BCUT2D eigenvalue weighted by Gasteiger charge is 2.41. The zero-order chi connectivity index (χ0) is 20.1. The summed E-state index contributed by atoms with van der Waals surface area (Å²) >= 11 is 2.03. The number of rotatable bonds is 5. The van der Waals surface area contributed by atoms with E-state index in [4.69, 9.17) is 4.74 Å². The van der Waals surface area contributed by atoms with Gasteiger partial charge in [-0.05, 0) is 42.5 Å². The Labute approximate surface area is 178 Å². The van der Waals surface area contributed by atoms with Gasteiger partial charge in [-0.3, -0.25) is 9.69 Å². The molecule has 2 aromatic rings. The van der Waals surface area contributed by atoms with Gasteiger partial charge in [-0.15, -0.1) is 0 Å². The molecule has 0 spiro atoms. The number of benzene rings is 2. The molecular formula is C24H30N2O2S. The van der Waals surface area contributed by atoms with E-state index in [1.165, 1.54) is 17.1 Å². The smallest absolute Gasteiger partial charge is 0.235 e. The maximum atomic E-state index is 13.5. The van der Waals surface area contributed by atoms with Crippen LogP contribution in [-0.2, 0) is 21.5 Å². The minimum absolute atomic E-state index is 0.0795. The third-order valence-corrected chi connectivity index (χ3v) is 7.10. The Kier molecular flexibility index (Phi) is 6.58. The van der Waals surface area contributed by atoms with Crippen molar-refractivity contribution in [1.82, 2.24) is 4.90 Å². The lowest BCUT2D eigenvalue weighted by Gasteiger charge is -2.36. The predicted molar refractivity (Wildman–Crippen MR) is 121 cm³/mol. The van der Waals surface area contributed by atoms with E-state index < -0.39 is 5.41 Å². The van der Waals surface area contributed by atoms with Crippen LogP contribution in [0.3, 0.4) is 0 Å². The number of nitrogens with one attached hydrogen (secondary N) is 1. The van der Waals surface area contributed by atoms with Crippen LogP contribution in [0.2, 0.25) is 0 Å². The number of carbonyl (C=O) groups excluding carboxylic acids is 1. The summed E-state index contributed by atoms with van der Waals surface area (Å²) in [5, 5.41) is 3.24. The van der Waals surface area contributed by atoms with Crippen molar-refractivity contribution in [2.24, 2.45) is 0 Å². The molecule has 0 radical (unpaired) electrons. The van der Waals surface area contributed by atoms with Crippen molar-refractivity contribution in [1.29, 1.82) is 0 Å². The number of amides is 1. The molecule has 5 heteroatoms. The third kappa shape index (κ3) is 4.68. The van der Waals surface area contributed by atoms with Gasteiger partial charge >= 0.3 is 0 Å². The number of aryl methyl sites for hydroxylation is 1. The van der Waals surface area contributed by atoms with Crippen LogP contribution in [0, 0.1) is 6.92 Å². The molecule has 0 saturated carbocycles. The lowest BCUT2D eigenvalue weighted by Crippen LogP contribution is -2.44. The highest BCUT2D eigenvalue weighted by molar-refractivity contribution is 7.99. The molecular weight excluding hydrogens is 380 g/mol. The third-order valence-electron chi connectivity index (χ3n) is 6.16. The number of anilines is 1. The van der Waals surface area contributed by atoms with Crippen molar-refractivity contribution in [3.05, 3.63) is 65.2 Å². The first kappa shape index (κ1) is 20.5. The van der Waals surface area contributed by atoms with Gasteiger partial charge in [0.25, 0.3) is 0 Å². The molecule has 2 aliphatic rings. The van der Waals surface area contributed by atoms with E-state index in [0.29, 0.717) is 26.1 Å². The monoisotopic (exact) mass is 410 g/mol. The van der Waals surface area contributed by atoms with Crippen molar-refractivity contribution in [3.8, 4) is 0 Å². The molecule has 0 bridgehead atoms. The average Bonchev–Trinajstić information content (AvgIpc) is 2.77. The van der Waals surface area contributed by atoms with Crippen molar-refractivity contribution < 1.29 is 9.53 Å². The number of carbonyl (C=O) groups is 1. The molecule has 1 amide bonds. The summed E-state index contributed by atoms with van der Waals surface area (Å²) < 4.78 is 5.57. The van der Waals surface area contributed by atoms with Crippen LogP contribution in [0.25, 0.3) is 0 Å². The number of hydrogen-bond acceptors (Lipinski definition) is 4. The van der Waals surface area contributed by atoms with Crippen molar-refractivity contribution in [2.75, 3.05) is 43.1 Å². The quantitative estimate of drug-likeness (QED) is 0.801. The Morgan fingerprint density at radius 3 is 2.52 bits per heavy atom. The van der Waals surface area contributed by atoms with E-state index in [2.05, 4.69) is 47.5 Å². The first-order valence-electron chi connectivity index (χ1n) is 10.5. The summed E-state index contributed by atoms with van der Waals surface area (Å²) in [6.45, 7) is 6.63. The second-order valence-electron chi connectivity index (χ2n) is 8.05. The van der Waals surface area contributed by atoms with Gasteiger partial charge in [-0.25, -0.2) is 0 Å². The van der Waals surface area contributed by atoms with Gasteiger partial charge in [0.15, 0.2) is 0 Å². The molecule has 0 aromatic heterocycles. The van der Waals surface area contributed by atoms with Crippen molar-refractivity contribution in [2.45, 2.75) is 31.7 Å². The van der Waals surface area contributed by atoms with Crippen LogP contribution < -0.4 is 5.32 Å². The normalized spacial score (nSPS) is 19.6. The molecule has 2 aliphatic heterocycles. The summed E-state index contributed by atoms with van der Waals surface area (Å²) in [6.07, 6.45) is 1.43. The minimum atomic E-state index is -0.518. The standard InChI is InChI=1S/C24H30N2O2S/c1-19-17-20(18-26-11-15-29-16-12-26)7-8-22(19)25-23(27)24(9-13-28-14-10-24)21-5-3-2-4-6-21/h2-8,17H,9-16,18H2,1H3,(H,25,27). The lowest BCUT2D eigenvalue weighted by molar-refractivity contribution is -0.125. The maximum Gasteiger partial charge on any atom is 0.235 e. The van der Waals surface area contributed by atoms with Gasteiger partial charge < -0.3 is 10.1 Å². The highest BCUT2D eigenvalue weighted by Crippen LogP contribution is 2.36. The van der Waals surface area contributed by atoms with E-state index in [-0.39, 0.29) is 5.91 Å². The van der Waals surface area contributed by atoms with E-state index in [0.717, 1.165) is 36.4 Å². The fraction of sp³-hybridized carbons (Fsp3) is 0.458. The highest BCUT2D eigenvalue weighted by atomic mass is 32.2. The van der Waals surface area contributed by atoms with Gasteiger partial charge in [0.05, 0.1) is 5.41 Å². The van der Waals surface area contributed by atoms with Gasteiger partial charge in [0.1, 0.15) is 0 Å². The number of thioether (sulfide) groups is 1. The average molecular weight is 411 g/mol. The van der Waals surface area contributed by atoms with Gasteiger partial charge in [-0.1, -0.05) is 42.5 Å². The Bertz CT molecular complexity index is 828. The van der Waals surface area contributed by atoms with Gasteiger partial charge in [0.2, 0.25) is 5.91 Å². The van der Waals surface area contributed by atoms with E-state index in [1.807, 2.05) is 30.0 Å². The van der Waals surface area contributed by atoms with Crippen molar-refractivity contribution >= 4 is 23.4 Å². The molecule has 2 saturated heterocycles. The van der Waals surface area contributed by atoms with Crippen LogP contribution in [0.1, 0.15) is 29.5 Å². The molecule has 2 heterocycles. The molecule has 29 heavy (non-hydrogen) atoms. The first-order chi connectivity index (χ1) is 14.2. The maximum absolute atomic E-state index is 13.5. The molecule has 154 valence electrons. The molecule has 2 aromatic carbocycles. The molecule has 2 fully saturated rings. The van der Waals surface area contributed by atoms with E-state index >= 15 is 0 Å². The SMILES string of the molecule is Cc1cc(CN2CCSCC2)ccc1NC(=O)C1(c2ccccc2)CCOCC1. The van der Waals surface area contributed by atoms with Crippen LogP contribution in [0.5, 0.6) is 0 Å². The largest absolute Gasteiger partial charge is 0.381 e. The van der Waals surface area contributed by atoms with Crippen LogP contribution in [0.4, 0.5) is 5.69 Å². The zero-order valence-corrected chi connectivity index (χ0v) is 18.0. The molecule has 1 N–H and O–H groups in total. The molecule has 4 rings (SSSR count). The second kappa shape index (κ2) is 9.33. The fourth-order valence-electron chi connectivity index (χ4n) is 4.35. The topological polar surface area (TPSA) is 41.6 Å². The second-order valence-corrected chi connectivity index (χ2v) is 9.28. The van der Waals surface area contributed by atoms with Crippen LogP contribution in [-0.4, -0.2) is 48.6 Å². The lowest BCUT2D eigenvalue weighted by atomic mass is 9.73. The summed E-state index contributed by atoms with van der Waals surface area (Å²) in [6, 6.07) is 16.6.